The van der Waals surface area contributed by atoms with Crippen LogP contribution in [0.15, 0.2) is 63.7 Å². The van der Waals surface area contributed by atoms with Gasteiger partial charge in [0.1, 0.15) is 0 Å². The molecule has 0 saturated carbocycles. The molecule has 2 nitrogen and oxygen atoms in total. The van der Waals surface area contributed by atoms with Crippen LogP contribution < -0.4 is 5.32 Å². The summed E-state index contributed by atoms with van der Waals surface area (Å²) in [5.41, 5.74) is 2.39. The zero-order chi connectivity index (χ0) is 13.9. The minimum absolute atomic E-state index is 0.888. The minimum Gasteiger partial charge on any atom is -0.382 e. The van der Waals surface area contributed by atoms with E-state index in [4.69, 9.17) is 0 Å². The van der Waals surface area contributed by atoms with E-state index in [-0.39, 0.29) is 0 Å². The Balaban J connectivity index is 1.72. The third-order valence-corrected chi connectivity index (χ3v) is 4.69. The highest BCUT2D eigenvalue weighted by Gasteiger charge is 2.03. The highest BCUT2D eigenvalue weighted by Crippen LogP contribution is 2.25. The van der Waals surface area contributed by atoms with Crippen molar-refractivity contribution in [3.8, 4) is 0 Å². The van der Waals surface area contributed by atoms with Crippen molar-refractivity contribution in [2.75, 3.05) is 11.9 Å². The quantitative estimate of drug-likeness (QED) is 0.638. The SMILES string of the molecule is Brc1ccccc1NCCn1ccc2c(Br)cccc21. The summed E-state index contributed by atoms with van der Waals surface area (Å²) in [6.45, 7) is 1.82. The Kier molecular flexibility index (Phi) is 4.13. The number of para-hydroxylation sites is 1. The topological polar surface area (TPSA) is 17.0 Å². The number of nitrogens with one attached hydrogen (secondary N) is 1. The van der Waals surface area contributed by atoms with E-state index in [0.29, 0.717) is 0 Å². The second-order valence-electron chi connectivity index (χ2n) is 4.59. The first-order chi connectivity index (χ1) is 9.75. The van der Waals surface area contributed by atoms with Gasteiger partial charge in [0, 0.05) is 44.8 Å². The summed E-state index contributed by atoms with van der Waals surface area (Å²) in [5.74, 6) is 0. The monoisotopic (exact) mass is 392 g/mol. The Hall–Kier alpha value is -1.26. The van der Waals surface area contributed by atoms with Gasteiger partial charge in [0.25, 0.3) is 0 Å². The normalized spacial score (nSPS) is 10.9. The average Bonchev–Trinajstić information content (AvgIpc) is 2.86. The number of nitrogens with zero attached hydrogens (tertiary/aromatic N) is 1. The van der Waals surface area contributed by atoms with Gasteiger partial charge in [-0.2, -0.15) is 0 Å². The van der Waals surface area contributed by atoms with Crippen molar-refractivity contribution < 1.29 is 0 Å². The molecule has 0 radical (unpaired) electrons. The predicted molar refractivity (Wildman–Crippen MR) is 92.3 cm³/mol. The largest absolute Gasteiger partial charge is 0.382 e. The van der Waals surface area contributed by atoms with Gasteiger partial charge in [-0.15, -0.1) is 0 Å². The fraction of sp³-hybridized carbons (Fsp3) is 0.125. The number of hydrogen-bond donors (Lipinski definition) is 1. The van der Waals surface area contributed by atoms with E-state index in [1.807, 2.05) is 18.2 Å². The molecule has 1 N–H and O–H groups in total. The van der Waals surface area contributed by atoms with Crippen molar-refractivity contribution in [3.63, 3.8) is 0 Å². The Bertz CT molecular complexity index is 734. The number of anilines is 1. The van der Waals surface area contributed by atoms with E-state index in [0.717, 1.165) is 27.7 Å². The van der Waals surface area contributed by atoms with Crippen molar-refractivity contribution >= 4 is 48.5 Å². The lowest BCUT2D eigenvalue weighted by molar-refractivity contribution is 0.757. The molecule has 0 spiro atoms. The van der Waals surface area contributed by atoms with Gasteiger partial charge in [-0.1, -0.05) is 34.1 Å². The maximum absolute atomic E-state index is 3.59. The maximum Gasteiger partial charge on any atom is 0.0492 e. The van der Waals surface area contributed by atoms with Gasteiger partial charge in [-0.05, 0) is 46.3 Å². The number of fused-ring (bicyclic) bond motifs is 1. The highest BCUT2D eigenvalue weighted by molar-refractivity contribution is 9.11. The fourth-order valence-corrected chi connectivity index (χ4v) is 3.21. The van der Waals surface area contributed by atoms with E-state index in [2.05, 4.69) is 78.3 Å². The summed E-state index contributed by atoms with van der Waals surface area (Å²) in [4.78, 5) is 0. The van der Waals surface area contributed by atoms with E-state index >= 15 is 0 Å². The second kappa shape index (κ2) is 6.02. The summed E-state index contributed by atoms with van der Waals surface area (Å²) in [6, 6.07) is 16.6. The van der Waals surface area contributed by atoms with Crippen LogP contribution in [0.2, 0.25) is 0 Å². The molecule has 0 aliphatic rings. The molecule has 3 aromatic rings. The van der Waals surface area contributed by atoms with Crippen LogP contribution in [-0.2, 0) is 6.54 Å². The molecule has 1 heterocycles. The molecule has 0 bridgehead atoms. The van der Waals surface area contributed by atoms with Crippen molar-refractivity contribution in [2.24, 2.45) is 0 Å². The standard InChI is InChI=1S/C16H14Br2N2/c17-13-5-3-7-16-12(13)8-10-20(16)11-9-19-15-6-2-1-4-14(15)18/h1-8,10,19H,9,11H2. The average molecular weight is 394 g/mol. The molecule has 3 rings (SSSR count). The van der Waals surface area contributed by atoms with E-state index in [1.54, 1.807) is 0 Å². The summed E-state index contributed by atoms with van der Waals surface area (Å²) < 4.78 is 4.51. The Morgan fingerprint density at radius 3 is 2.55 bits per heavy atom. The third kappa shape index (κ3) is 2.76. The Morgan fingerprint density at radius 1 is 0.900 bits per heavy atom. The minimum atomic E-state index is 0.888. The summed E-state index contributed by atoms with van der Waals surface area (Å²) in [6.07, 6.45) is 2.14. The molecule has 4 heteroatoms. The highest BCUT2D eigenvalue weighted by atomic mass is 79.9. The zero-order valence-corrected chi connectivity index (χ0v) is 14.0. The molecule has 0 unspecified atom stereocenters. The van der Waals surface area contributed by atoms with Crippen LogP contribution in [-0.4, -0.2) is 11.1 Å². The van der Waals surface area contributed by atoms with Gasteiger partial charge in [-0.3, -0.25) is 0 Å². The Labute approximate surface area is 135 Å². The second-order valence-corrected chi connectivity index (χ2v) is 6.30. The van der Waals surface area contributed by atoms with Gasteiger partial charge < -0.3 is 9.88 Å². The van der Waals surface area contributed by atoms with Crippen LogP contribution in [0.25, 0.3) is 10.9 Å². The first-order valence-corrected chi connectivity index (χ1v) is 8.06. The van der Waals surface area contributed by atoms with Gasteiger partial charge in [0.15, 0.2) is 0 Å². The molecule has 0 amide bonds. The summed E-state index contributed by atoms with van der Waals surface area (Å²) >= 11 is 7.14. The first-order valence-electron chi connectivity index (χ1n) is 6.47. The third-order valence-electron chi connectivity index (χ3n) is 3.30. The lowest BCUT2D eigenvalue weighted by Gasteiger charge is -2.10. The van der Waals surface area contributed by atoms with Crippen LogP contribution >= 0.6 is 31.9 Å². The molecular formula is C16H14Br2N2. The van der Waals surface area contributed by atoms with Gasteiger partial charge >= 0.3 is 0 Å². The van der Waals surface area contributed by atoms with E-state index in [9.17, 15) is 0 Å². The lowest BCUT2D eigenvalue weighted by Crippen LogP contribution is -2.09. The van der Waals surface area contributed by atoms with Crippen LogP contribution in [0.1, 0.15) is 0 Å². The Morgan fingerprint density at radius 2 is 1.70 bits per heavy atom. The molecule has 0 saturated heterocycles. The molecule has 1 aromatic heterocycles. The van der Waals surface area contributed by atoms with Crippen LogP contribution in [0.4, 0.5) is 5.69 Å². The summed E-state index contributed by atoms with van der Waals surface area (Å²) in [5, 5.41) is 4.71. The number of hydrogen-bond acceptors (Lipinski definition) is 1. The van der Waals surface area contributed by atoms with Crippen LogP contribution in [0.3, 0.4) is 0 Å². The van der Waals surface area contributed by atoms with Crippen LogP contribution in [0.5, 0.6) is 0 Å². The predicted octanol–water partition coefficient (Wildman–Crippen LogP) is 5.28. The lowest BCUT2D eigenvalue weighted by atomic mass is 10.2. The molecule has 0 fully saturated rings. The maximum atomic E-state index is 3.59. The van der Waals surface area contributed by atoms with Gasteiger partial charge in [0.2, 0.25) is 0 Å². The zero-order valence-electron chi connectivity index (χ0n) is 10.8. The number of aromatic nitrogens is 1. The van der Waals surface area contributed by atoms with E-state index < -0.39 is 0 Å². The van der Waals surface area contributed by atoms with Gasteiger partial charge in [-0.25, -0.2) is 0 Å². The van der Waals surface area contributed by atoms with Crippen molar-refractivity contribution in [3.05, 3.63) is 63.7 Å². The molecule has 102 valence electrons. The van der Waals surface area contributed by atoms with Crippen molar-refractivity contribution in [2.45, 2.75) is 6.54 Å². The fourth-order valence-electron chi connectivity index (χ4n) is 2.30. The molecule has 20 heavy (non-hydrogen) atoms. The smallest absolute Gasteiger partial charge is 0.0492 e. The number of benzene rings is 2. The molecule has 0 aliphatic carbocycles. The number of rotatable bonds is 4. The number of halogens is 2. The molecule has 2 aromatic carbocycles. The van der Waals surface area contributed by atoms with Crippen LogP contribution in [0, 0.1) is 0 Å². The van der Waals surface area contributed by atoms with Crippen molar-refractivity contribution in [1.29, 1.82) is 0 Å². The molecule has 0 aliphatic heterocycles. The molecule has 0 atom stereocenters. The molecular weight excluding hydrogens is 380 g/mol. The van der Waals surface area contributed by atoms with E-state index in [1.165, 1.54) is 10.9 Å². The first kappa shape index (κ1) is 13.7. The van der Waals surface area contributed by atoms with Gasteiger partial charge in [0.05, 0.1) is 0 Å². The van der Waals surface area contributed by atoms with Crippen molar-refractivity contribution in [1.82, 2.24) is 4.57 Å². The summed E-state index contributed by atoms with van der Waals surface area (Å²) in [7, 11) is 0.